The molecule has 0 saturated heterocycles. The van der Waals surface area contributed by atoms with Crippen LogP contribution in [0.2, 0.25) is 0 Å². The van der Waals surface area contributed by atoms with E-state index in [1.54, 1.807) is 23.7 Å². The van der Waals surface area contributed by atoms with Crippen molar-refractivity contribution in [1.82, 2.24) is 14.9 Å². The van der Waals surface area contributed by atoms with Gasteiger partial charge in [-0.25, -0.2) is 10.8 Å². The molecular formula is C11H19N5OS. The third-order valence-corrected chi connectivity index (χ3v) is 3.42. The molecule has 0 saturated carbocycles. The van der Waals surface area contributed by atoms with Gasteiger partial charge in [-0.2, -0.15) is 11.8 Å². The summed E-state index contributed by atoms with van der Waals surface area (Å²) in [5.74, 6) is 6.39. The second-order valence-corrected chi connectivity index (χ2v) is 4.78. The number of aromatic nitrogens is 2. The Labute approximate surface area is 111 Å². The van der Waals surface area contributed by atoms with Gasteiger partial charge in [-0.1, -0.05) is 6.92 Å². The highest BCUT2D eigenvalue weighted by Gasteiger charge is 2.20. The molecule has 0 aliphatic heterocycles. The number of rotatable bonds is 6. The van der Waals surface area contributed by atoms with Gasteiger partial charge in [0, 0.05) is 18.8 Å². The Hall–Kier alpha value is -1.34. The van der Waals surface area contributed by atoms with Gasteiger partial charge in [-0.15, -0.1) is 0 Å². The average Bonchev–Trinajstić information content (AvgIpc) is 2.43. The fourth-order valence-electron chi connectivity index (χ4n) is 1.58. The summed E-state index contributed by atoms with van der Waals surface area (Å²) >= 11 is 1.72. The lowest BCUT2D eigenvalue weighted by Gasteiger charge is -2.26. The lowest BCUT2D eigenvalue weighted by Crippen LogP contribution is -2.38. The number of hydrazine groups is 1. The van der Waals surface area contributed by atoms with E-state index in [9.17, 15) is 4.79 Å². The van der Waals surface area contributed by atoms with E-state index in [1.165, 1.54) is 12.4 Å². The van der Waals surface area contributed by atoms with Gasteiger partial charge in [-0.05, 0) is 12.7 Å². The molecule has 1 unspecified atom stereocenters. The molecule has 18 heavy (non-hydrogen) atoms. The van der Waals surface area contributed by atoms with Gasteiger partial charge in [-0.3, -0.25) is 9.78 Å². The van der Waals surface area contributed by atoms with Crippen LogP contribution in [0, 0.1) is 0 Å². The van der Waals surface area contributed by atoms with Crippen LogP contribution in [0.15, 0.2) is 12.4 Å². The van der Waals surface area contributed by atoms with Crippen LogP contribution in [0.5, 0.6) is 0 Å². The Morgan fingerprint density at radius 2 is 2.33 bits per heavy atom. The van der Waals surface area contributed by atoms with Gasteiger partial charge in [0.2, 0.25) is 0 Å². The van der Waals surface area contributed by atoms with Crippen LogP contribution >= 0.6 is 11.8 Å². The number of amides is 1. The molecular weight excluding hydrogens is 250 g/mol. The SMILES string of the molecule is CCC(CSC)N(C)C(=O)c1cncc(NN)n1. The summed E-state index contributed by atoms with van der Waals surface area (Å²) < 4.78 is 0. The van der Waals surface area contributed by atoms with Gasteiger partial charge < -0.3 is 10.3 Å². The molecule has 1 rings (SSSR count). The third kappa shape index (κ3) is 3.58. The molecule has 0 aromatic carbocycles. The second kappa shape index (κ2) is 7.17. The van der Waals surface area contributed by atoms with E-state index in [-0.39, 0.29) is 11.9 Å². The van der Waals surface area contributed by atoms with Crippen molar-refractivity contribution >= 4 is 23.5 Å². The largest absolute Gasteiger partial charge is 0.337 e. The third-order valence-electron chi connectivity index (χ3n) is 2.70. The smallest absolute Gasteiger partial charge is 0.274 e. The molecule has 0 spiro atoms. The van der Waals surface area contributed by atoms with Crippen molar-refractivity contribution in [2.24, 2.45) is 5.84 Å². The van der Waals surface area contributed by atoms with Crippen LogP contribution in [0.25, 0.3) is 0 Å². The molecule has 0 radical (unpaired) electrons. The van der Waals surface area contributed by atoms with Gasteiger partial charge in [0.1, 0.15) is 5.69 Å². The van der Waals surface area contributed by atoms with E-state index >= 15 is 0 Å². The summed E-state index contributed by atoms with van der Waals surface area (Å²) in [5, 5.41) is 0. The zero-order chi connectivity index (χ0) is 13.5. The van der Waals surface area contributed by atoms with E-state index in [2.05, 4.69) is 22.3 Å². The van der Waals surface area contributed by atoms with Crippen molar-refractivity contribution < 1.29 is 4.79 Å². The van der Waals surface area contributed by atoms with Gasteiger partial charge in [0.15, 0.2) is 5.82 Å². The first-order valence-electron chi connectivity index (χ1n) is 5.68. The predicted octanol–water partition coefficient (Wildman–Crippen LogP) is 0.976. The maximum absolute atomic E-state index is 12.2. The Kier molecular flexibility index (Phi) is 5.87. The highest BCUT2D eigenvalue weighted by atomic mass is 32.2. The van der Waals surface area contributed by atoms with E-state index in [4.69, 9.17) is 5.84 Å². The fraction of sp³-hybridized carbons (Fsp3) is 0.545. The number of nitrogens with two attached hydrogens (primary N) is 1. The predicted molar refractivity (Wildman–Crippen MR) is 74.4 cm³/mol. The molecule has 0 fully saturated rings. The molecule has 7 heteroatoms. The molecule has 6 nitrogen and oxygen atoms in total. The fourth-order valence-corrected chi connectivity index (χ4v) is 2.43. The molecule has 3 N–H and O–H groups in total. The number of carbonyl (C=O) groups is 1. The molecule has 1 atom stereocenters. The average molecular weight is 269 g/mol. The molecule has 0 aliphatic rings. The summed E-state index contributed by atoms with van der Waals surface area (Å²) in [4.78, 5) is 22.0. The molecule has 1 heterocycles. The normalized spacial score (nSPS) is 12.0. The van der Waals surface area contributed by atoms with Crippen molar-refractivity contribution in [3.8, 4) is 0 Å². The lowest BCUT2D eigenvalue weighted by atomic mass is 10.2. The van der Waals surface area contributed by atoms with Crippen molar-refractivity contribution in [2.45, 2.75) is 19.4 Å². The zero-order valence-corrected chi connectivity index (χ0v) is 11.7. The van der Waals surface area contributed by atoms with E-state index in [0.29, 0.717) is 11.5 Å². The highest BCUT2D eigenvalue weighted by Crippen LogP contribution is 2.12. The zero-order valence-electron chi connectivity index (χ0n) is 10.9. The number of nitrogens with one attached hydrogen (secondary N) is 1. The van der Waals surface area contributed by atoms with Gasteiger partial charge >= 0.3 is 0 Å². The number of nitrogen functional groups attached to an aromatic ring is 1. The molecule has 1 aromatic rings. The second-order valence-electron chi connectivity index (χ2n) is 3.87. The molecule has 1 aromatic heterocycles. The maximum atomic E-state index is 12.2. The van der Waals surface area contributed by atoms with E-state index in [0.717, 1.165) is 12.2 Å². The molecule has 1 amide bonds. The summed E-state index contributed by atoms with van der Waals surface area (Å²) in [6.45, 7) is 2.06. The number of anilines is 1. The first-order chi connectivity index (χ1) is 8.63. The Balaban J connectivity index is 2.84. The number of carbonyl (C=O) groups excluding carboxylic acids is 1. The monoisotopic (exact) mass is 269 g/mol. The van der Waals surface area contributed by atoms with Crippen molar-refractivity contribution in [3.05, 3.63) is 18.1 Å². The quantitative estimate of drug-likeness (QED) is 0.591. The standard InChI is InChI=1S/C11H19N5OS/c1-4-8(7-18-3)16(2)11(17)9-5-13-6-10(14-9)15-12/h5-6,8H,4,7,12H2,1-3H3,(H,14,15). The summed E-state index contributed by atoms with van der Waals surface area (Å²) in [6.07, 6.45) is 5.85. The Morgan fingerprint density at radius 3 is 2.89 bits per heavy atom. The van der Waals surface area contributed by atoms with Crippen molar-refractivity contribution in [3.63, 3.8) is 0 Å². The molecule has 100 valence electrons. The topological polar surface area (TPSA) is 84.1 Å². The number of nitrogens with zero attached hydrogens (tertiary/aromatic N) is 3. The molecule has 0 bridgehead atoms. The maximum Gasteiger partial charge on any atom is 0.274 e. The van der Waals surface area contributed by atoms with E-state index in [1.807, 2.05) is 6.26 Å². The van der Waals surface area contributed by atoms with Crippen molar-refractivity contribution in [2.75, 3.05) is 24.5 Å². The first-order valence-corrected chi connectivity index (χ1v) is 7.08. The Morgan fingerprint density at radius 1 is 1.61 bits per heavy atom. The van der Waals surface area contributed by atoms with Crippen LogP contribution in [0.4, 0.5) is 5.82 Å². The van der Waals surface area contributed by atoms with Crippen LogP contribution < -0.4 is 11.3 Å². The van der Waals surface area contributed by atoms with Crippen LogP contribution in [0.3, 0.4) is 0 Å². The minimum atomic E-state index is -0.138. The summed E-state index contributed by atoms with van der Waals surface area (Å²) in [6, 6.07) is 0.198. The van der Waals surface area contributed by atoms with Gasteiger partial charge in [0.25, 0.3) is 5.91 Å². The summed E-state index contributed by atoms with van der Waals surface area (Å²) in [5.41, 5.74) is 2.68. The number of hydrogen-bond donors (Lipinski definition) is 2. The molecule has 0 aliphatic carbocycles. The van der Waals surface area contributed by atoms with Gasteiger partial charge in [0.05, 0.1) is 12.4 Å². The van der Waals surface area contributed by atoms with Crippen LogP contribution in [-0.4, -0.2) is 45.9 Å². The minimum Gasteiger partial charge on any atom is -0.337 e. The van der Waals surface area contributed by atoms with Crippen LogP contribution in [-0.2, 0) is 0 Å². The Bertz CT molecular complexity index is 401. The number of hydrogen-bond acceptors (Lipinski definition) is 6. The number of thioether (sulfide) groups is 1. The minimum absolute atomic E-state index is 0.138. The first kappa shape index (κ1) is 14.7. The van der Waals surface area contributed by atoms with E-state index < -0.39 is 0 Å². The van der Waals surface area contributed by atoms with Crippen LogP contribution in [0.1, 0.15) is 23.8 Å². The highest BCUT2D eigenvalue weighted by molar-refractivity contribution is 7.98. The lowest BCUT2D eigenvalue weighted by molar-refractivity contribution is 0.0737. The van der Waals surface area contributed by atoms with Crippen molar-refractivity contribution in [1.29, 1.82) is 0 Å². The summed E-state index contributed by atoms with van der Waals surface area (Å²) in [7, 11) is 1.79.